The summed E-state index contributed by atoms with van der Waals surface area (Å²) in [6, 6.07) is 8.53. The molecule has 1 aromatic heterocycles. The number of nitrogens with one attached hydrogen (secondary N) is 1. The van der Waals surface area contributed by atoms with E-state index in [1.165, 1.54) is 0 Å². The zero-order valence-corrected chi connectivity index (χ0v) is 9.56. The lowest BCUT2D eigenvalue weighted by molar-refractivity contribution is 0.788. The highest BCUT2D eigenvalue weighted by Crippen LogP contribution is 2.29. The number of fused-ring (bicyclic) bond motifs is 1. The van der Waals surface area contributed by atoms with E-state index >= 15 is 0 Å². The number of para-hydroxylation sites is 1. The first-order valence-electron chi connectivity index (χ1n) is 5.89. The zero-order valence-electron chi connectivity index (χ0n) is 9.56. The quantitative estimate of drug-likeness (QED) is 0.772. The van der Waals surface area contributed by atoms with Crippen molar-refractivity contribution in [1.82, 2.24) is 4.98 Å². The van der Waals surface area contributed by atoms with Gasteiger partial charge in [-0.15, -0.1) is 0 Å². The maximum Gasteiger partial charge on any atom is 0.0743 e. The first kappa shape index (κ1) is 10.1. The Bertz CT molecular complexity index is 567. The maximum absolute atomic E-state index is 6.02. The number of aromatic nitrogens is 1. The van der Waals surface area contributed by atoms with Crippen LogP contribution in [0.5, 0.6) is 0 Å². The molecule has 17 heavy (non-hydrogen) atoms. The van der Waals surface area contributed by atoms with Crippen LogP contribution in [0.25, 0.3) is 10.9 Å². The Hall–Kier alpha value is -2.03. The molecule has 0 spiro atoms. The van der Waals surface area contributed by atoms with Gasteiger partial charge in [0.1, 0.15) is 0 Å². The van der Waals surface area contributed by atoms with E-state index in [1.807, 2.05) is 18.2 Å². The zero-order chi connectivity index (χ0) is 11.7. The van der Waals surface area contributed by atoms with Crippen LogP contribution in [0, 0.1) is 0 Å². The number of rotatable bonds is 2. The van der Waals surface area contributed by atoms with Gasteiger partial charge in [0.15, 0.2) is 0 Å². The van der Waals surface area contributed by atoms with Crippen molar-refractivity contribution in [3.8, 4) is 0 Å². The lowest BCUT2D eigenvalue weighted by Crippen LogP contribution is -2.16. The van der Waals surface area contributed by atoms with Crippen molar-refractivity contribution in [2.75, 3.05) is 11.1 Å². The fraction of sp³-hybridized carbons (Fsp3) is 0.214. The summed E-state index contributed by atoms with van der Waals surface area (Å²) in [5.41, 5.74) is 8.74. The van der Waals surface area contributed by atoms with Crippen LogP contribution in [0.2, 0.25) is 0 Å². The molecule has 3 rings (SSSR count). The Morgan fingerprint density at radius 2 is 1.94 bits per heavy atom. The van der Waals surface area contributed by atoms with Crippen LogP contribution in [0.3, 0.4) is 0 Å². The number of nitrogen functional groups attached to an aromatic ring is 1. The number of hydrogen-bond acceptors (Lipinski definition) is 3. The summed E-state index contributed by atoms with van der Waals surface area (Å²) in [4.78, 5) is 4.34. The average Bonchev–Trinajstić information content (AvgIpc) is 2.86. The van der Waals surface area contributed by atoms with Gasteiger partial charge in [-0.05, 0) is 18.9 Å². The third-order valence-electron chi connectivity index (χ3n) is 3.16. The smallest absolute Gasteiger partial charge is 0.0743 e. The molecule has 1 aliphatic rings. The van der Waals surface area contributed by atoms with Crippen LogP contribution < -0.4 is 11.1 Å². The van der Waals surface area contributed by atoms with Gasteiger partial charge in [0.05, 0.1) is 23.1 Å². The fourth-order valence-electron chi connectivity index (χ4n) is 2.26. The van der Waals surface area contributed by atoms with Gasteiger partial charge >= 0.3 is 0 Å². The van der Waals surface area contributed by atoms with Gasteiger partial charge in [-0.1, -0.05) is 30.4 Å². The van der Waals surface area contributed by atoms with Gasteiger partial charge in [-0.2, -0.15) is 0 Å². The van der Waals surface area contributed by atoms with Crippen molar-refractivity contribution >= 4 is 22.3 Å². The van der Waals surface area contributed by atoms with Crippen LogP contribution in [0.4, 0.5) is 11.4 Å². The number of nitrogens with zero attached hydrogens (tertiary/aromatic N) is 1. The van der Waals surface area contributed by atoms with Crippen LogP contribution in [0.15, 0.2) is 42.6 Å². The summed E-state index contributed by atoms with van der Waals surface area (Å²) in [5.74, 6) is 0. The third-order valence-corrected chi connectivity index (χ3v) is 3.16. The molecule has 0 unspecified atom stereocenters. The molecular weight excluding hydrogens is 210 g/mol. The molecule has 0 bridgehead atoms. The number of anilines is 2. The summed E-state index contributed by atoms with van der Waals surface area (Å²) >= 11 is 0. The molecule has 3 nitrogen and oxygen atoms in total. The first-order valence-corrected chi connectivity index (χ1v) is 5.89. The minimum Gasteiger partial charge on any atom is -0.396 e. The molecular formula is C14H15N3. The molecule has 1 aliphatic carbocycles. The van der Waals surface area contributed by atoms with E-state index in [0.29, 0.717) is 6.04 Å². The van der Waals surface area contributed by atoms with E-state index in [0.717, 1.165) is 35.1 Å². The molecule has 0 amide bonds. The standard InChI is InChI=1S/C14H15N3/c15-12-9-16-13-8-4-3-7-11(13)14(12)17-10-5-1-2-6-10/h1-4,7-10H,5-6,15H2,(H,16,17). The predicted molar refractivity (Wildman–Crippen MR) is 71.9 cm³/mol. The molecule has 0 saturated carbocycles. The highest BCUT2D eigenvalue weighted by Gasteiger charge is 2.13. The molecule has 0 fully saturated rings. The summed E-state index contributed by atoms with van der Waals surface area (Å²) in [5, 5.41) is 4.62. The van der Waals surface area contributed by atoms with Crippen LogP contribution in [0.1, 0.15) is 12.8 Å². The van der Waals surface area contributed by atoms with E-state index < -0.39 is 0 Å². The Labute approximate surface area is 100 Å². The van der Waals surface area contributed by atoms with Crippen LogP contribution >= 0.6 is 0 Å². The van der Waals surface area contributed by atoms with E-state index in [2.05, 4.69) is 28.5 Å². The largest absolute Gasteiger partial charge is 0.396 e. The Morgan fingerprint density at radius 3 is 2.76 bits per heavy atom. The molecule has 3 N–H and O–H groups in total. The molecule has 3 heteroatoms. The third kappa shape index (κ3) is 1.84. The highest BCUT2D eigenvalue weighted by atomic mass is 14.9. The Morgan fingerprint density at radius 1 is 1.18 bits per heavy atom. The Kier molecular flexibility index (Phi) is 2.44. The number of hydrogen-bond donors (Lipinski definition) is 2. The second-order valence-corrected chi connectivity index (χ2v) is 4.39. The summed E-state index contributed by atoms with van der Waals surface area (Å²) in [7, 11) is 0. The average molecular weight is 225 g/mol. The number of nitrogens with two attached hydrogens (primary N) is 1. The van der Waals surface area contributed by atoms with Gasteiger partial charge in [0, 0.05) is 11.4 Å². The van der Waals surface area contributed by atoms with Crippen molar-refractivity contribution in [1.29, 1.82) is 0 Å². The summed E-state index contributed by atoms with van der Waals surface area (Å²) in [6.07, 6.45) is 8.27. The minimum absolute atomic E-state index is 0.461. The minimum atomic E-state index is 0.461. The predicted octanol–water partition coefficient (Wildman–Crippen LogP) is 2.95. The SMILES string of the molecule is Nc1cnc2ccccc2c1NC1CC=CC1. The van der Waals surface area contributed by atoms with Gasteiger partial charge in [-0.3, -0.25) is 4.98 Å². The Balaban J connectivity index is 2.03. The molecule has 1 aromatic carbocycles. The highest BCUT2D eigenvalue weighted by molar-refractivity contribution is 5.96. The van der Waals surface area contributed by atoms with Crippen LogP contribution in [-0.2, 0) is 0 Å². The summed E-state index contributed by atoms with van der Waals surface area (Å²) in [6.45, 7) is 0. The van der Waals surface area contributed by atoms with Crippen molar-refractivity contribution in [3.05, 3.63) is 42.6 Å². The molecule has 0 radical (unpaired) electrons. The lowest BCUT2D eigenvalue weighted by Gasteiger charge is -2.17. The monoisotopic (exact) mass is 225 g/mol. The van der Waals surface area contributed by atoms with Gasteiger partial charge in [0.2, 0.25) is 0 Å². The molecule has 0 atom stereocenters. The van der Waals surface area contributed by atoms with Crippen molar-refractivity contribution in [3.63, 3.8) is 0 Å². The van der Waals surface area contributed by atoms with E-state index in [9.17, 15) is 0 Å². The molecule has 0 aliphatic heterocycles. The van der Waals surface area contributed by atoms with Crippen LogP contribution in [-0.4, -0.2) is 11.0 Å². The molecule has 86 valence electrons. The normalized spacial score (nSPS) is 15.5. The van der Waals surface area contributed by atoms with Gasteiger partial charge < -0.3 is 11.1 Å². The topological polar surface area (TPSA) is 50.9 Å². The van der Waals surface area contributed by atoms with E-state index in [1.54, 1.807) is 6.20 Å². The lowest BCUT2D eigenvalue weighted by atomic mass is 10.1. The molecule has 1 heterocycles. The number of benzene rings is 1. The second-order valence-electron chi connectivity index (χ2n) is 4.39. The molecule has 0 saturated heterocycles. The first-order chi connectivity index (χ1) is 8.34. The van der Waals surface area contributed by atoms with Gasteiger partial charge in [0.25, 0.3) is 0 Å². The van der Waals surface area contributed by atoms with E-state index in [-0.39, 0.29) is 0 Å². The second kappa shape index (κ2) is 4.09. The van der Waals surface area contributed by atoms with Gasteiger partial charge in [-0.25, -0.2) is 0 Å². The van der Waals surface area contributed by atoms with Crippen molar-refractivity contribution in [2.24, 2.45) is 0 Å². The van der Waals surface area contributed by atoms with E-state index in [4.69, 9.17) is 5.73 Å². The number of pyridine rings is 1. The molecule has 2 aromatic rings. The summed E-state index contributed by atoms with van der Waals surface area (Å²) < 4.78 is 0. The van der Waals surface area contributed by atoms with Crippen molar-refractivity contribution in [2.45, 2.75) is 18.9 Å². The maximum atomic E-state index is 6.02. The van der Waals surface area contributed by atoms with Crippen molar-refractivity contribution < 1.29 is 0 Å². The fourth-order valence-corrected chi connectivity index (χ4v) is 2.26.